The van der Waals surface area contributed by atoms with Crippen molar-refractivity contribution in [2.75, 3.05) is 11.9 Å². The number of benzene rings is 2. The molecule has 0 heterocycles. The molecule has 0 atom stereocenters. The van der Waals surface area contributed by atoms with E-state index in [0.717, 1.165) is 16.8 Å². The van der Waals surface area contributed by atoms with Crippen LogP contribution in [0, 0.1) is 13.8 Å². The molecule has 1 amide bonds. The number of aryl methyl sites for hydroxylation is 2. The molecule has 1 N–H and O–H groups in total. The Morgan fingerprint density at radius 3 is 2.30 bits per heavy atom. The summed E-state index contributed by atoms with van der Waals surface area (Å²) in [4.78, 5) is 11.8. The first-order valence-electron chi connectivity index (χ1n) is 6.29. The molecule has 0 unspecified atom stereocenters. The standard InChI is InChI=1S/C16H16ClNO2/c1-11-7-12(2)9-14(8-11)18-16(19)10-20-15-5-3-13(17)4-6-15/h3-9H,10H2,1-2H3,(H,18,19). The number of halogens is 1. The zero-order valence-electron chi connectivity index (χ0n) is 11.4. The number of carbonyl (C=O) groups is 1. The van der Waals surface area contributed by atoms with Gasteiger partial charge in [-0.15, -0.1) is 0 Å². The summed E-state index contributed by atoms with van der Waals surface area (Å²) < 4.78 is 5.38. The molecule has 2 rings (SSSR count). The molecule has 2 aromatic rings. The zero-order chi connectivity index (χ0) is 14.5. The molecule has 20 heavy (non-hydrogen) atoms. The fourth-order valence-corrected chi connectivity index (χ4v) is 2.05. The van der Waals surface area contributed by atoms with E-state index in [0.29, 0.717) is 10.8 Å². The van der Waals surface area contributed by atoms with E-state index in [4.69, 9.17) is 16.3 Å². The van der Waals surface area contributed by atoms with Gasteiger partial charge in [0.15, 0.2) is 6.61 Å². The lowest BCUT2D eigenvalue weighted by Gasteiger charge is -2.09. The topological polar surface area (TPSA) is 38.3 Å². The molecule has 0 fully saturated rings. The number of nitrogens with one attached hydrogen (secondary N) is 1. The van der Waals surface area contributed by atoms with Crippen LogP contribution in [0.1, 0.15) is 11.1 Å². The van der Waals surface area contributed by atoms with Crippen molar-refractivity contribution < 1.29 is 9.53 Å². The molecule has 0 saturated carbocycles. The van der Waals surface area contributed by atoms with E-state index in [1.165, 1.54) is 0 Å². The molecule has 0 aliphatic rings. The number of rotatable bonds is 4. The Hall–Kier alpha value is -2.00. The average Bonchev–Trinajstić information content (AvgIpc) is 2.37. The van der Waals surface area contributed by atoms with Gasteiger partial charge in [-0.1, -0.05) is 17.7 Å². The molecule has 0 bridgehead atoms. The second-order valence-electron chi connectivity index (χ2n) is 4.67. The number of hydrogen-bond acceptors (Lipinski definition) is 2. The summed E-state index contributed by atoms with van der Waals surface area (Å²) in [6.07, 6.45) is 0. The van der Waals surface area contributed by atoms with Crippen molar-refractivity contribution in [3.8, 4) is 5.75 Å². The van der Waals surface area contributed by atoms with E-state index in [-0.39, 0.29) is 12.5 Å². The Morgan fingerprint density at radius 1 is 1.10 bits per heavy atom. The number of hydrogen-bond donors (Lipinski definition) is 1. The number of ether oxygens (including phenoxy) is 1. The van der Waals surface area contributed by atoms with Crippen LogP contribution in [0.2, 0.25) is 5.02 Å². The van der Waals surface area contributed by atoms with E-state index in [1.54, 1.807) is 24.3 Å². The summed E-state index contributed by atoms with van der Waals surface area (Å²) in [5.41, 5.74) is 3.00. The molecular weight excluding hydrogens is 274 g/mol. The number of amides is 1. The minimum Gasteiger partial charge on any atom is -0.484 e. The predicted molar refractivity (Wildman–Crippen MR) is 81.5 cm³/mol. The SMILES string of the molecule is Cc1cc(C)cc(NC(=O)COc2ccc(Cl)cc2)c1. The second-order valence-corrected chi connectivity index (χ2v) is 5.10. The van der Waals surface area contributed by atoms with Gasteiger partial charge in [-0.05, 0) is 61.4 Å². The lowest BCUT2D eigenvalue weighted by Crippen LogP contribution is -2.20. The third-order valence-corrected chi connectivity index (χ3v) is 2.94. The maximum Gasteiger partial charge on any atom is 0.262 e. The molecule has 0 aromatic heterocycles. The highest BCUT2D eigenvalue weighted by Gasteiger charge is 2.04. The Bertz CT molecular complexity index is 588. The van der Waals surface area contributed by atoms with Gasteiger partial charge in [-0.2, -0.15) is 0 Å². The van der Waals surface area contributed by atoms with E-state index in [9.17, 15) is 4.79 Å². The van der Waals surface area contributed by atoms with Gasteiger partial charge in [0.1, 0.15) is 5.75 Å². The summed E-state index contributed by atoms with van der Waals surface area (Å²) in [7, 11) is 0. The van der Waals surface area contributed by atoms with Crippen LogP contribution in [0.25, 0.3) is 0 Å². The highest BCUT2D eigenvalue weighted by Crippen LogP contribution is 2.16. The minimum atomic E-state index is -0.190. The van der Waals surface area contributed by atoms with Gasteiger partial charge in [0.2, 0.25) is 0 Å². The second kappa shape index (κ2) is 6.44. The van der Waals surface area contributed by atoms with E-state index < -0.39 is 0 Å². The lowest BCUT2D eigenvalue weighted by atomic mass is 10.1. The molecule has 0 saturated heterocycles. The Balaban J connectivity index is 1.90. The molecular formula is C16H16ClNO2. The molecule has 104 valence electrons. The average molecular weight is 290 g/mol. The van der Waals surface area contributed by atoms with Crippen LogP contribution in [0.3, 0.4) is 0 Å². The summed E-state index contributed by atoms with van der Waals surface area (Å²) in [6.45, 7) is 3.95. The first kappa shape index (κ1) is 14.4. The van der Waals surface area contributed by atoms with Crippen LogP contribution < -0.4 is 10.1 Å². The van der Waals surface area contributed by atoms with Gasteiger partial charge in [0.25, 0.3) is 5.91 Å². The molecule has 3 nitrogen and oxygen atoms in total. The highest BCUT2D eigenvalue weighted by atomic mass is 35.5. The van der Waals surface area contributed by atoms with Gasteiger partial charge in [-0.3, -0.25) is 4.79 Å². The normalized spacial score (nSPS) is 10.2. The fraction of sp³-hybridized carbons (Fsp3) is 0.188. The van der Waals surface area contributed by atoms with Crippen LogP contribution in [0.5, 0.6) is 5.75 Å². The van der Waals surface area contributed by atoms with Crippen molar-refractivity contribution in [1.82, 2.24) is 0 Å². The highest BCUT2D eigenvalue weighted by molar-refractivity contribution is 6.30. The first-order valence-corrected chi connectivity index (χ1v) is 6.67. The quantitative estimate of drug-likeness (QED) is 0.925. The monoisotopic (exact) mass is 289 g/mol. The molecule has 4 heteroatoms. The van der Waals surface area contributed by atoms with Crippen molar-refractivity contribution in [1.29, 1.82) is 0 Å². The van der Waals surface area contributed by atoms with Gasteiger partial charge in [0.05, 0.1) is 0 Å². The first-order chi connectivity index (χ1) is 9.52. The van der Waals surface area contributed by atoms with E-state index in [2.05, 4.69) is 11.4 Å². The molecule has 0 radical (unpaired) electrons. The Kier molecular flexibility index (Phi) is 4.64. The molecule has 0 spiro atoms. The van der Waals surface area contributed by atoms with Crippen LogP contribution in [0.4, 0.5) is 5.69 Å². The van der Waals surface area contributed by atoms with Crippen LogP contribution in [0.15, 0.2) is 42.5 Å². The number of carbonyl (C=O) groups excluding carboxylic acids is 1. The summed E-state index contributed by atoms with van der Waals surface area (Å²) in [5, 5.41) is 3.45. The van der Waals surface area contributed by atoms with Gasteiger partial charge in [0, 0.05) is 10.7 Å². The number of anilines is 1. The van der Waals surface area contributed by atoms with Crippen LogP contribution in [-0.4, -0.2) is 12.5 Å². The third-order valence-electron chi connectivity index (χ3n) is 2.69. The lowest BCUT2D eigenvalue weighted by molar-refractivity contribution is -0.118. The third kappa shape index (κ3) is 4.28. The molecule has 0 aliphatic carbocycles. The van der Waals surface area contributed by atoms with Gasteiger partial charge in [-0.25, -0.2) is 0 Å². The summed E-state index contributed by atoms with van der Waals surface area (Å²) >= 11 is 5.78. The minimum absolute atomic E-state index is 0.0331. The van der Waals surface area contributed by atoms with Gasteiger partial charge >= 0.3 is 0 Å². The van der Waals surface area contributed by atoms with Crippen molar-refractivity contribution >= 4 is 23.2 Å². The van der Waals surface area contributed by atoms with Crippen LogP contribution >= 0.6 is 11.6 Å². The van der Waals surface area contributed by atoms with E-state index in [1.807, 2.05) is 26.0 Å². The predicted octanol–water partition coefficient (Wildman–Crippen LogP) is 3.97. The van der Waals surface area contributed by atoms with Crippen molar-refractivity contribution in [3.63, 3.8) is 0 Å². The largest absolute Gasteiger partial charge is 0.484 e. The maximum atomic E-state index is 11.8. The van der Waals surface area contributed by atoms with Crippen molar-refractivity contribution in [3.05, 3.63) is 58.6 Å². The van der Waals surface area contributed by atoms with Gasteiger partial charge < -0.3 is 10.1 Å². The summed E-state index contributed by atoms with van der Waals surface area (Å²) in [6, 6.07) is 12.8. The van der Waals surface area contributed by atoms with E-state index >= 15 is 0 Å². The summed E-state index contributed by atoms with van der Waals surface area (Å²) in [5.74, 6) is 0.426. The Morgan fingerprint density at radius 2 is 1.70 bits per heavy atom. The zero-order valence-corrected chi connectivity index (χ0v) is 12.2. The van der Waals surface area contributed by atoms with Crippen molar-refractivity contribution in [2.45, 2.75) is 13.8 Å². The maximum absolute atomic E-state index is 11.8. The molecule has 0 aliphatic heterocycles. The van der Waals surface area contributed by atoms with Crippen molar-refractivity contribution in [2.24, 2.45) is 0 Å². The fourth-order valence-electron chi connectivity index (χ4n) is 1.92. The Labute approximate surface area is 123 Å². The smallest absolute Gasteiger partial charge is 0.262 e. The molecule has 2 aromatic carbocycles. The van der Waals surface area contributed by atoms with Crippen LogP contribution in [-0.2, 0) is 4.79 Å².